The summed E-state index contributed by atoms with van der Waals surface area (Å²) in [7, 11) is 0. The molecule has 0 aliphatic heterocycles. The maximum Gasteiger partial charge on any atom is 0.326 e. The summed E-state index contributed by atoms with van der Waals surface area (Å²) in [4.78, 5) is 187. The van der Waals surface area contributed by atoms with Gasteiger partial charge in [0, 0.05) is 36.6 Å². The van der Waals surface area contributed by atoms with E-state index in [9.17, 15) is 77.6 Å². The number of nitrogens with zero attached hydrogens (tertiary/aromatic N) is 2. The Labute approximate surface area is 523 Å². The van der Waals surface area contributed by atoms with E-state index in [-0.39, 0.29) is 56.1 Å². The van der Waals surface area contributed by atoms with Crippen LogP contribution in [0.4, 0.5) is 0 Å². The van der Waals surface area contributed by atoms with Crippen LogP contribution in [0.1, 0.15) is 98.9 Å². The average Bonchev–Trinajstić information content (AvgIpc) is 4.41. The molecule has 0 saturated heterocycles. The molecule has 89 heavy (non-hydrogen) atoms. The molecule has 0 aliphatic rings. The molecule has 0 unspecified atom stereocenters. The highest BCUT2D eigenvalue weighted by Crippen LogP contribution is 2.12. The van der Waals surface area contributed by atoms with E-state index in [4.69, 9.17) is 11.5 Å². The molecule has 0 aromatic carbocycles. The van der Waals surface area contributed by atoms with Crippen molar-refractivity contribution in [1.82, 2.24) is 78.4 Å². The predicted octanol–water partition coefficient (Wildman–Crippen LogP) is -5.43. The highest BCUT2D eigenvalue weighted by Gasteiger charge is 2.37. The first kappa shape index (κ1) is 77.2. The molecule has 0 radical (unpaired) electrons. The summed E-state index contributed by atoms with van der Waals surface area (Å²) in [6.07, 6.45) is 6.23. The number of aliphatic carboxylic acids is 1. The number of primary amides is 1. The van der Waals surface area contributed by atoms with Crippen molar-refractivity contribution in [3.05, 3.63) is 36.4 Å². The zero-order valence-corrected chi connectivity index (χ0v) is 53.2. The Balaban J connectivity index is 2.26. The van der Waals surface area contributed by atoms with Crippen LogP contribution in [0.3, 0.4) is 0 Å². The lowest BCUT2D eigenvalue weighted by molar-refractivity contribution is -0.142. The standard InChI is InChI=1S/C54H89N17O16S2/c1-25(2)15-36(49(81)65-35(54(86)87)12-14-89-10)66-45(77)29(7)63-48(80)38(18-32-21-58-24-60-32)69-53(85)42(30(8)73)71-51(83)39(19-41(56)74)68-47(79)34(11-13-88-9)64-52(84)40(22-72)70-50(82)37(16-26(3)4)67-44(76)28(6)61-43(75)27(5)62-46(78)33(55)17-31-20-57-23-59-31/h20-21,23-30,33-40,42,72-73H,11-19,22,55H2,1-10H3,(H2,56,74)(H,57,59)(H,58,60)(H,61,75)(H,62,78)(H,63,80)(H,64,84)(H,65,81)(H,66,77)(H,67,76)(H,68,79)(H,69,85)(H,70,82)(H,71,83)(H,86,87)/t27-,28-,29-,30+,33-,34-,35-,36-,37-,38-,39-,40-,42-/m0/s1. The van der Waals surface area contributed by atoms with Crippen LogP contribution in [0.5, 0.6) is 0 Å². The molecule has 0 aliphatic carbocycles. The maximum absolute atomic E-state index is 14.0. The van der Waals surface area contributed by atoms with E-state index < -0.39 is 168 Å². The van der Waals surface area contributed by atoms with Crippen LogP contribution in [0.15, 0.2) is 25.0 Å². The largest absolute Gasteiger partial charge is 0.480 e. The Kier molecular flexibility index (Phi) is 34.0. The number of carbonyl (C=O) groups is 13. The van der Waals surface area contributed by atoms with E-state index in [1.54, 1.807) is 40.2 Å². The number of imidazole rings is 2. The summed E-state index contributed by atoms with van der Waals surface area (Å²) in [6, 6.07) is -17.2. The van der Waals surface area contributed by atoms with Crippen molar-refractivity contribution in [3.8, 4) is 0 Å². The first-order chi connectivity index (χ1) is 41.8. The number of aromatic amines is 2. The van der Waals surface area contributed by atoms with E-state index in [1.807, 2.05) is 0 Å². The molecule has 498 valence electrons. The van der Waals surface area contributed by atoms with Gasteiger partial charge in [-0.2, -0.15) is 23.5 Å². The topological polar surface area (TPSA) is 524 Å². The number of aromatic nitrogens is 4. The van der Waals surface area contributed by atoms with Gasteiger partial charge >= 0.3 is 5.97 Å². The van der Waals surface area contributed by atoms with E-state index >= 15 is 0 Å². The number of carbonyl (C=O) groups excluding carboxylic acids is 12. The van der Waals surface area contributed by atoms with Crippen LogP contribution in [0.25, 0.3) is 0 Å². The number of nitrogens with two attached hydrogens (primary N) is 2. The Morgan fingerprint density at radius 2 is 0.854 bits per heavy atom. The summed E-state index contributed by atoms with van der Waals surface area (Å²) >= 11 is 2.62. The second kappa shape index (κ2) is 39.2. The number of aliphatic hydroxyl groups is 2. The van der Waals surface area contributed by atoms with Gasteiger partial charge in [0.15, 0.2) is 0 Å². The van der Waals surface area contributed by atoms with E-state index in [2.05, 4.69) is 78.4 Å². The molecule has 2 heterocycles. The maximum atomic E-state index is 14.0. The van der Waals surface area contributed by atoms with E-state index in [0.717, 1.165) is 6.92 Å². The van der Waals surface area contributed by atoms with Crippen LogP contribution in [-0.2, 0) is 75.2 Å². The predicted molar refractivity (Wildman–Crippen MR) is 326 cm³/mol. The molecule has 13 atom stereocenters. The van der Waals surface area contributed by atoms with Gasteiger partial charge in [-0.3, -0.25) is 57.5 Å². The molecular formula is C54H89N17O16S2. The second-order valence-corrected chi connectivity index (χ2v) is 24.0. The van der Waals surface area contributed by atoms with Crippen molar-refractivity contribution in [2.75, 3.05) is 30.6 Å². The molecule has 35 heteroatoms. The minimum atomic E-state index is -1.91. The van der Waals surface area contributed by atoms with Crippen molar-refractivity contribution < 1.29 is 77.6 Å². The highest BCUT2D eigenvalue weighted by molar-refractivity contribution is 7.98. The third kappa shape index (κ3) is 28.0. The zero-order chi connectivity index (χ0) is 67.2. The summed E-state index contributed by atoms with van der Waals surface area (Å²) in [5, 5.41) is 57.6. The van der Waals surface area contributed by atoms with Crippen molar-refractivity contribution >= 4 is 100 Å². The lowest BCUT2D eigenvalue weighted by atomic mass is 10.0. The van der Waals surface area contributed by atoms with E-state index in [1.165, 1.54) is 69.3 Å². The lowest BCUT2D eigenvalue weighted by Crippen LogP contribution is -2.62. The molecule has 12 amide bonds. The highest BCUT2D eigenvalue weighted by atomic mass is 32.2. The quantitative estimate of drug-likeness (QED) is 0.0295. The molecule has 0 saturated carbocycles. The van der Waals surface area contributed by atoms with Gasteiger partial charge in [-0.05, 0) is 89.2 Å². The fourth-order valence-electron chi connectivity index (χ4n) is 8.33. The molecule has 2 aromatic rings. The summed E-state index contributed by atoms with van der Waals surface area (Å²) < 4.78 is 0. The van der Waals surface area contributed by atoms with Gasteiger partial charge in [-0.15, -0.1) is 0 Å². The number of aliphatic hydroxyl groups excluding tert-OH is 2. The first-order valence-corrected chi connectivity index (χ1v) is 31.4. The van der Waals surface area contributed by atoms with Crippen LogP contribution < -0.4 is 70.0 Å². The number of thioether (sulfide) groups is 2. The minimum absolute atomic E-state index is 0.00130. The van der Waals surface area contributed by atoms with Crippen LogP contribution in [-0.4, -0.2) is 221 Å². The molecular weight excluding hydrogens is 1210 g/mol. The Bertz CT molecular complexity index is 2690. The number of carboxylic acid groups (broad SMARTS) is 1. The number of hydrogen-bond donors (Lipinski definition) is 18. The van der Waals surface area contributed by atoms with Gasteiger partial charge in [0.1, 0.15) is 66.5 Å². The zero-order valence-electron chi connectivity index (χ0n) is 51.6. The van der Waals surface area contributed by atoms with Crippen molar-refractivity contribution in [2.24, 2.45) is 23.3 Å². The fraction of sp³-hybridized carbons (Fsp3) is 0.648. The van der Waals surface area contributed by atoms with Crippen molar-refractivity contribution in [3.63, 3.8) is 0 Å². The summed E-state index contributed by atoms with van der Waals surface area (Å²) in [6.45, 7) is 11.1. The van der Waals surface area contributed by atoms with Gasteiger partial charge in [-0.25, -0.2) is 14.8 Å². The van der Waals surface area contributed by atoms with Crippen molar-refractivity contribution in [2.45, 2.75) is 179 Å². The SMILES string of the molecule is CSCC[C@H](NC(=O)[C@H](CC(C)C)NC(=O)[C@H](C)NC(=O)[C@H](Cc1cnc[nH]1)NC(=O)[C@@H](NC(=O)[C@H](CC(N)=O)NC(=O)[C@H](CCSC)NC(=O)[C@H](CO)NC(=O)[C@H](CC(C)C)NC(=O)[C@H](C)NC(=O)[C@H](C)NC(=O)[C@@H](N)Cc1cnc[nH]1)[C@@H](C)O)C(=O)O. The number of hydrogen-bond acceptors (Lipinski definition) is 20. The molecule has 0 spiro atoms. The normalized spacial score (nSPS) is 15.6. The molecule has 20 N–H and O–H groups in total. The van der Waals surface area contributed by atoms with Crippen LogP contribution in [0, 0.1) is 11.8 Å². The number of nitrogens with one attached hydrogen (secondary N) is 13. The van der Waals surface area contributed by atoms with Crippen LogP contribution >= 0.6 is 23.5 Å². The van der Waals surface area contributed by atoms with Gasteiger partial charge < -0.3 is 95.2 Å². The number of H-pyrrole nitrogens is 2. The lowest BCUT2D eigenvalue weighted by Gasteiger charge is -2.28. The van der Waals surface area contributed by atoms with Gasteiger partial charge in [-0.1, -0.05) is 27.7 Å². The summed E-state index contributed by atoms with van der Waals surface area (Å²) in [5.74, 6) is -12.5. The number of rotatable bonds is 41. The van der Waals surface area contributed by atoms with E-state index in [0.29, 0.717) is 17.1 Å². The third-order valence-electron chi connectivity index (χ3n) is 13.3. The molecule has 2 rings (SSSR count). The van der Waals surface area contributed by atoms with Gasteiger partial charge in [0.25, 0.3) is 0 Å². The Hall–Kier alpha value is -7.89. The summed E-state index contributed by atoms with van der Waals surface area (Å²) in [5.41, 5.74) is 12.3. The monoisotopic (exact) mass is 1300 g/mol. The third-order valence-corrected chi connectivity index (χ3v) is 14.6. The Morgan fingerprint density at radius 3 is 1.29 bits per heavy atom. The van der Waals surface area contributed by atoms with Crippen molar-refractivity contribution in [1.29, 1.82) is 0 Å². The van der Waals surface area contributed by atoms with Gasteiger partial charge in [0.2, 0.25) is 70.9 Å². The Morgan fingerprint density at radius 1 is 0.483 bits per heavy atom. The molecule has 33 nitrogen and oxygen atoms in total. The minimum Gasteiger partial charge on any atom is -0.480 e. The van der Waals surface area contributed by atoms with Crippen LogP contribution in [0.2, 0.25) is 0 Å². The number of amides is 12. The average molecular weight is 1300 g/mol. The second-order valence-electron chi connectivity index (χ2n) is 22.0. The number of carboxylic acids is 1. The molecule has 2 aromatic heterocycles. The first-order valence-electron chi connectivity index (χ1n) is 28.6. The molecule has 0 fully saturated rings. The van der Waals surface area contributed by atoms with Gasteiger partial charge in [0.05, 0.1) is 37.8 Å². The fourth-order valence-corrected chi connectivity index (χ4v) is 9.27. The smallest absolute Gasteiger partial charge is 0.326 e. The molecule has 0 bridgehead atoms.